The van der Waals surface area contributed by atoms with E-state index in [1.165, 1.54) is 61.9 Å². The van der Waals surface area contributed by atoms with Gasteiger partial charge in [0.05, 0.1) is 5.56 Å². The molecular weight excluding hydrogens is 580 g/mol. The van der Waals surface area contributed by atoms with Crippen molar-refractivity contribution in [1.29, 1.82) is 0 Å². The molecule has 1 aliphatic carbocycles. The van der Waals surface area contributed by atoms with Crippen LogP contribution < -0.4 is 10.1 Å². The number of benzene rings is 4. The summed E-state index contributed by atoms with van der Waals surface area (Å²) in [5.41, 5.74) is 2.41. The number of hydrogen-bond acceptors (Lipinski definition) is 7. The molecule has 8 heteroatoms. The standard InChI is InChI=1S/C38H36N2O6/c41-27-10-13-30-33(22-27)45-34-23-28(42)11-14-31(34)38(30)32-21-24(9-12-29(32)36(44)46-38)35(43)39-26-15-19-40(20-16-26)37(17-5-2-6-18-37)25-7-3-1-4-8-25/h1,3-4,7-14,21-23,26,41-42H,2,5-6,15-20H2,(H,39,43). The summed E-state index contributed by atoms with van der Waals surface area (Å²) in [7, 11) is 0. The van der Waals surface area contributed by atoms with Gasteiger partial charge in [-0.05, 0) is 73.7 Å². The molecule has 0 unspecified atom stereocenters. The quantitative estimate of drug-likeness (QED) is 0.219. The van der Waals surface area contributed by atoms with Crippen molar-refractivity contribution in [3.05, 3.63) is 118 Å². The van der Waals surface area contributed by atoms with Crippen LogP contribution in [0.5, 0.6) is 23.0 Å². The van der Waals surface area contributed by atoms with Crippen LogP contribution in [0.4, 0.5) is 0 Å². The van der Waals surface area contributed by atoms with Crippen molar-refractivity contribution in [3.8, 4) is 23.0 Å². The Bertz CT molecular complexity index is 1790. The predicted molar refractivity (Wildman–Crippen MR) is 171 cm³/mol. The monoisotopic (exact) mass is 616 g/mol. The van der Waals surface area contributed by atoms with Gasteiger partial charge in [0.25, 0.3) is 5.91 Å². The molecule has 0 aromatic heterocycles. The third kappa shape index (κ3) is 4.46. The summed E-state index contributed by atoms with van der Waals surface area (Å²) in [6, 6.07) is 25.3. The highest BCUT2D eigenvalue weighted by molar-refractivity contribution is 6.00. The highest BCUT2D eigenvalue weighted by atomic mass is 16.6. The largest absolute Gasteiger partial charge is 0.508 e. The maximum Gasteiger partial charge on any atom is 0.340 e. The summed E-state index contributed by atoms with van der Waals surface area (Å²) < 4.78 is 12.2. The van der Waals surface area contributed by atoms with Gasteiger partial charge in [0.1, 0.15) is 23.0 Å². The average molecular weight is 617 g/mol. The number of phenols is 2. The molecule has 2 fully saturated rings. The van der Waals surface area contributed by atoms with Crippen molar-refractivity contribution in [3.63, 3.8) is 0 Å². The molecule has 1 saturated carbocycles. The van der Waals surface area contributed by atoms with Crippen LogP contribution in [0.25, 0.3) is 0 Å². The highest BCUT2D eigenvalue weighted by Crippen LogP contribution is 2.57. The van der Waals surface area contributed by atoms with Crippen molar-refractivity contribution >= 4 is 11.9 Å². The number of aromatic hydroxyl groups is 2. The van der Waals surface area contributed by atoms with Crippen LogP contribution in [0.15, 0.2) is 84.9 Å². The fourth-order valence-electron chi connectivity index (χ4n) is 8.23. The number of phenolic OH excluding ortho intramolecular Hbond substituents is 2. The van der Waals surface area contributed by atoms with Crippen LogP contribution in [-0.2, 0) is 15.9 Å². The van der Waals surface area contributed by atoms with Crippen molar-refractivity contribution < 1.29 is 29.3 Å². The van der Waals surface area contributed by atoms with E-state index in [1.54, 1.807) is 30.3 Å². The smallest absolute Gasteiger partial charge is 0.340 e. The maximum atomic E-state index is 13.8. The van der Waals surface area contributed by atoms with Crippen molar-refractivity contribution in [2.24, 2.45) is 0 Å². The van der Waals surface area contributed by atoms with Gasteiger partial charge in [0.15, 0.2) is 5.60 Å². The summed E-state index contributed by atoms with van der Waals surface area (Å²) in [6.45, 7) is 1.84. The molecule has 234 valence electrons. The Kier molecular flexibility index (Phi) is 6.79. The number of carbonyl (C=O) groups excluding carboxylic acids is 2. The molecule has 3 N–H and O–H groups in total. The number of likely N-dealkylation sites (tertiary alicyclic amines) is 1. The molecule has 3 heterocycles. The summed E-state index contributed by atoms with van der Waals surface area (Å²) in [4.78, 5) is 29.7. The van der Waals surface area contributed by atoms with E-state index in [0.717, 1.165) is 25.9 Å². The Balaban J connectivity index is 1.07. The number of esters is 1. The molecule has 1 saturated heterocycles. The fourth-order valence-corrected chi connectivity index (χ4v) is 8.23. The zero-order valence-corrected chi connectivity index (χ0v) is 25.5. The van der Waals surface area contributed by atoms with Gasteiger partial charge in [0, 0.05) is 59.1 Å². The third-order valence-corrected chi connectivity index (χ3v) is 10.5. The zero-order chi connectivity index (χ0) is 31.5. The number of amides is 1. The van der Waals surface area contributed by atoms with Gasteiger partial charge < -0.3 is 25.0 Å². The van der Waals surface area contributed by atoms with E-state index in [2.05, 4.69) is 40.5 Å². The van der Waals surface area contributed by atoms with Crippen LogP contribution in [0, 0.1) is 0 Å². The number of ether oxygens (including phenoxy) is 2. The molecular formula is C38H36N2O6. The summed E-state index contributed by atoms with van der Waals surface area (Å²) in [6.07, 6.45) is 7.82. The first-order valence-electron chi connectivity index (χ1n) is 16.2. The molecule has 46 heavy (non-hydrogen) atoms. The van der Waals surface area contributed by atoms with E-state index in [1.807, 2.05) is 0 Å². The summed E-state index contributed by atoms with van der Waals surface area (Å²) in [5.74, 6) is -0.156. The van der Waals surface area contributed by atoms with Gasteiger partial charge in [-0.2, -0.15) is 0 Å². The highest BCUT2D eigenvalue weighted by Gasteiger charge is 2.54. The summed E-state index contributed by atoms with van der Waals surface area (Å²) >= 11 is 0. The van der Waals surface area contributed by atoms with Crippen molar-refractivity contribution in [1.82, 2.24) is 10.2 Å². The minimum Gasteiger partial charge on any atom is -0.508 e. The van der Waals surface area contributed by atoms with Crippen LogP contribution in [0.3, 0.4) is 0 Å². The molecule has 8 rings (SSSR count). The van der Waals surface area contributed by atoms with Gasteiger partial charge in [0.2, 0.25) is 0 Å². The summed E-state index contributed by atoms with van der Waals surface area (Å²) in [5, 5.41) is 23.7. The number of hydrogen-bond donors (Lipinski definition) is 3. The molecule has 4 aromatic carbocycles. The van der Waals surface area contributed by atoms with E-state index in [4.69, 9.17) is 9.47 Å². The van der Waals surface area contributed by atoms with Crippen LogP contribution in [0.1, 0.15) is 87.9 Å². The minimum absolute atomic E-state index is 0.0144. The molecule has 3 aliphatic heterocycles. The minimum atomic E-state index is -1.41. The van der Waals surface area contributed by atoms with E-state index in [-0.39, 0.29) is 29.0 Å². The molecule has 4 aliphatic rings. The lowest BCUT2D eigenvalue weighted by Crippen LogP contribution is -2.54. The van der Waals surface area contributed by atoms with E-state index >= 15 is 0 Å². The number of nitrogens with zero attached hydrogens (tertiary/aromatic N) is 1. The SMILES string of the molecule is O=C(NC1CCN(C2(c3ccccc3)CCCCC2)CC1)c1ccc2c(c1)C1(OC2=O)c2ccc(O)cc2Oc2cc(O)ccc21. The number of piperidine rings is 1. The molecule has 4 aromatic rings. The van der Waals surface area contributed by atoms with Gasteiger partial charge in [-0.15, -0.1) is 0 Å². The second kappa shape index (κ2) is 10.9. The first kappa shape index (κ1) is 28.6. The predicted octanol–water partition coefficient (Wildman–Crippen LogP) is 6.72. The average Bonchev–Trinajstić information content (AvgIpc) is 3.37. The van der Waals surface area contributed by atoms with Crippen LogP contribution in [0.2, 0.25) is 0 Å². The Morgan fingerprint density at radius 2 is 1.43 bits per heavy atom. The molecule has 1 spiro atoms. The number of nitrogens with one attached hydrogen (secondary N) is 1. The van der Waals surface area contributed by atoms with E-state index < -0.39 is 11.6 Å². The first-order chi connectivity index (χ1) is 22.4. The third-order valence-electron chi connectivity index (χ3n) is 10.5. The van der Waals surface area contributed by atoms with Crippen LogP contribution in [-0.4, -0.2) is 46.1 Å². The van der Waals surface area contributed by atoms with Gasteiger partial charge in [-0.25, -0.2) is 4.79 Å². The van der Waals surface area contributed by atoms with Gasteiger partial charge >= 0.3 is 5.97 Å². The topological polar surface area (TPSA) is 108 Å². The van der Waals surface area contributed by atoms with Gasteiger partial charge in [-0.1, -0.05) is 49.6 Å². The van der Waals surface area contributed by atoms with Gasteiger partial charge in [-0.3, -0.25) is 9.69 Å². The lowest BCUT2D eigenvalue weighted by molar-refractivity contribution is 0.0223. The Hall–Kier alpha value is -4.82. The second-order valence-electron chi connectivity index (χ2n) is 13.0. The maximum absolute atomic E-state index is 13.8. The van der Waals surface area contributed by atoms with E-state index in [9.17, 15) is 19.8 Å². The number of fused-ring (bicyclic) bond motifs is 6. The Morgan fingerprint density at radius 3 is 2.09 bits per heavy atom. The molecule has 0 radical (unpaired) electrons. The zero-order valence-electron chi connectivity index (χ0n) is 25.5. The Labute approximate surface area is 267 Å². The van der Waals surface area contributed by atoms with Crippen LogP contribution >= 0.6 is 0 Å². The van der Waals surface area contributed by atoms with Crippen molar-refractivity contribution in [2.75, 3.05) is 13.1 Å². The fraction of sp³-hybridized carbons (Fsp3) is 0.316. The lowest BCUT2D eigenvalue weighted by Gasteiger charge is -2.49. The molecule has 0 bridgehead atoms. The first-order valence-corrected chi connectivity index (χ1v) is 16.2. The lowest BCUT2D eigenvalue weighted by atomic mass is 9.74. The number of rotatable bonds is 4. The molecule has 1 amide bonds. The molecule has 0 atom stereocenters. The van der Waals surface area contributed by atoms with Crippen molar-refractivity contribution in [2.45, 2.75) is 62.1 Å². The molecule has 8 nitrogen and oxygen atoms in total. The normalized spacial score (nSPS) is 19.8. The van der Waals surface area contributed by atoms with E-state index in [0.29, 0.717) is 39.3 Å². The number of carbonyl (C=O) groups is 2. The second-order valence-corrected chi connectivity index (χ2v) is 13.0. The Morgan fingerprint density at radius 1 is 0.783 bits per heavy atom.